The van der Waals surface area contributed by atoms with Crippen molar-refractivity contribution in [3.05, 3.63) is 137 Å². The number of nitrogens with one attached hydrogen (secondary N) is 1. The van der Waals surface area contributed by atoms with Crippen molar-refractivity contribution in [2.45, 2.75) is 21.9 Å². The van der Waals surface area contributed by atoms with Crippen molar-refractivity contribution in [2.24, 2.45) is 0 Å². The van der Waals surface area contributed by atoms with Crippen LogP contribution in [-0.2, 0) is 0 Å². The van der Waals surface area contributed by atoms with Crippen LogP contribution < -0.4 is 10.2 Å². The second-order valence-corrected chi connectivity index (χ2v) is 10.4. The summed E-state index contributed by atoms with van der Waals surface area (Å²) in [5, 5.41) is 15.1. The molecule has 0 amide bonds. The Morgan fingerprint density at radius 2 is 1.64 bits per heavy atom. The van der Waals surface area contributed by atoms with Gasteiger partial charge < -0.3 is 14.8 Å². The molecule has 10 heteroatoms. The van der Waals surface area contributed by atoms with Gasteiger partial charge in [0.05, 0.1) is 28.5 Å². The van der Waals surface area contributed by atoms with Gasteiger partial charge in [0.15, 0.2) is 5.11 Å². The van der Waals surface area contributed by atoms with Crippen molar-refractivity contribution >= 4 is 40.5 Å². The number of nitrogens with zero attached hydrogens (tertiary/aromatic N) is 5. The molecule has 0 saturated carbocycles. The van der Waals surface area contributed by atoms with Crippen LogP contribution in [0.1, 0.15) is 23.5 Å². The van der Waals surface area contributed by atoms with E-state index in [1.54, 1.807) is 36.3 Å². The minimum absolute atomic E-state index is 0.0780. The lowest BCUT2D eigenvalue weighted by Crippen LogP contribution is -2.30. The molecule has 0 spiro atoms. The number of pyridine rings is 2. The van der Waals surface area contributed by atoms with Crippen molar-refractivity contribution in [2.75, 3.05) is 4.90 Å². The third-order valence-electron chi connectivity index (χ3n) is 6.50. The highest BCUT2D eigenvalue weighted by atomic mass is 32.2. The zero-order valence-electron chi connectivity index (χ0n) is 20.5. The fraction of sp³-hybridized carbons (Fsp3) is 0.0690. The molecule has 5 aromatic rings. The standard InChI is InChI=1S/C29H22N6O2S2/c36-35(37)21-10-14-24(15-11-21)39-23-12-8-20(9-13-23)34-28(27(32-29(34)38)25-6-1-2-17-31-25)26-7-4-18-33(26)22-5-3-16-30-19-22/h1-19,27-28H,(H,32,38). The minimum atomic E-state index is -0.393. The Kier molecular flexibility index (Phi) is 6.78. The van der Waals surface area contributed by atoms with Crippen LogP contribution in [0.4, 0.5) is 11.4 Å². The molecule has 1 saturated heterocycles. The summed E-state index contributed by atoms with van der Waals surface area (Å²) in [6, 6.07) is 28.4. The largest absolute Gasteiger partial charge is 0.351 e. The van der Waals surface area contributed by atoms with E-state index in [0.717, 1.165) is 32.6 Å². The van der Waals surface area contributed by atoms with Gasteiger partial charge in [0, 0.05) is 51.9 Å². The lowest BCUT2D eigenvalue weighted by Gasteiger charge is -2.29. The molecule has 39 heavy (non-hydrogen) atoms. The predicted octanol–water partition coefficient (Wildman–Crippen LogP) is 6.50. The lowest BCUT2D eigenvalue weighted by atomic mass is 10.0. The maximum atomic E-state index is 11.0. The van der Waals surface area contributed by atoms with E-state index in [1.165, 1.54) is 12.1 Å². The molecule has 1 aliphatic rings. The number of rotatable bonds is 7. The Balaban J connectivity index is 1.35. The summed E-state index contributed by atoms with van der Waals surface area (Å²) in [7, 11) is 0. The van der Waals surface area contributed by atoms with Crippen molar-refractivity contribution in [3.63, 3.8) is 0 Å². The highest BCUT2D eigenvalue weighted by Crippen LogP contribution is 2.42. The van der Waals surface area contributed by atoms with Gasteiger partial charge in [-0.3, -0.25) is 20.1 Å². The van der Waals surface area contributed by atoms with E-state index < -0.39 is 4.92 Å². The Hall–Kier alpha value is -4.54. The molecule has 0 bridgehead atoms. The van der Waals surface area contributed by atoms with E-state index >= 15 is 0 Å². The van der Waals surface area contributed by atoms with Gasteiger partial charge in [0.2, 0.25) is 0 Å². The average molecular weight is 551 g/mol. The smallest absolute Gasteiger partial charge is 0.269 e. The number of nitro groups is 1. The van der Waals surface area contributed by atoms with Gasteiger partial charge in [-0.1, -0.05) is 17.8 Å². The van der Waals surface area contributed by atoms with Gasteiger partial charge in [-0.25, -0.2) is 0 Å². The molecule has 8 nitrogen and oxygen atoms in total. The summed E-state index contributed by atoms with van der Waals surface area (Å²) in [5.74, 6) is 0. The summed E-state index contributed by atoms with van der Waals surface area (Å²) in [6.45, 7) is 0. The third-order valence-corrected chi connectivity index (χ3v) is 7.83. The SMILES string of the molecule is O=[N+]([O-])c1ccc(Sc2ccc(N3C(=S)NC(c4ccccn4)C3c3cccn3-c3cccnc3)cc2)cc1. The molecule has 2 unspecified atom stereocenters. The van der Waals surface area contributed by atoms with Crippen LogP contribution in [-0.4, -0.2) is 24.6 Å². The van der Waals surface area contributed by atoms with Crippen molar-refractivity contribution in [3.8, 4) is 5.69 Å². The molecule has 1 N–H and O–H groups in total. The zero-order valence-corrected chi connectivity index (χ0v) is 22.1. The summed E-state index contributed by atoms with van der Waals surface area (Å²) in [5.41, 5.74) is 3.94. The zero-order chi connectivity index (χ0) is 26.8. The van der Waals surface area contributed by atoms with Gasteiger partial charge in [0.1, 0.15) is 6.04 Å². The highest BCUT2D eigenvalue weighted by Gasteiger charge is 2.42. The number of benzene rings is 2. The van der Waals surface area contributed by atoms with Crippen LogP contribution in [0.2, 0.25) is 0 Å². The molecule has 192 valence electrons. The molecule has 1 fully saturated rings. The normalized spacial score (nSPS) is 16.7. The Labute approximate surface area is 234 Å². The summed E-state index contributed by atoms with van der Waals surface area (Å²) < 4.78 is 2.13. The van der Waals surface area contributed by atoms with Crippen LogP contribution in [0, 0.1) is 10.1 Å². The first-order valence-corrected chi connectivity index (χ1v) is 13.4. The van der Waals surface area contributed by atoms with Crippen LogP contribution >= 0.6 is 24.0 Å². The van der Waals surface area contributed by atoms with Gasteiger partial charge >= 0.3 is 0 Å². The van der Waals surface area contributed by atoms with Crippen molar-refractivity contribution < 1.29 is 4.92 Å². The number of anilines is 1. The van der Waals surface area contributed by atoms with Crippen molar-refractivity contribution in [1.29, 1.82) is 0 Å². The molecule has 0 aliphatic carbocycles. The molecule has 1 aliphatic heterocycles. The number of hydrogen-bond donors (Lipinski definition) is 1. The second-order valence-electron chi connectivity index (χ2n) is 8.86. The summed E-state index contributed by atoms with van der Waals surface area (Å²) >= 11 is 7.43. The number of thiocarbonyl (C=S) groups is 1. The molecular formula is C29H22N6O2S2. The van der Waals surface area contributed by atoms with Gasteiger partial charge in [0.25, 0.3) is 5.69 Å². The van der Waals surface area contributed by atoms with Crippen molar-refractivity contribution in [1.82, 2.24) is 19.9 Å². The van der Waals surface area contributed by atoms with Gasteiger partial charge in [-0.05, 0) is 85.0 Å². The number of hydrogen-bond acceptors (Lipinski definition) is 6. The first kappa shape index (κ1) is 24.8. The molecular weight excluding hydrogens is 528 g/mol. The van der Waals surface area contributed by atoms with Gasteiger partial charge in [-0.2, -0.15) is 0 Å². The maximum Gasteiger partial charge on any atom is 0.269 e. The molecule has 2 atom stereocenters. The summed E-state index contributed by atoms with van der Waals surface area (Å²) in [6.07, 6.45) is 7.43. The van der Waals surface area contributed by atoms with E-state index in [9.17, 15) is 10.1 Å². The van der Waals surface area contributed by atoms with Crippen LogP contribution in [0.3, 0.4) is 0 Å². The molecule has 0 radical (unpaired) electrons. The average Bonchev–Trinajstić information content (AvgIpc) is 3.59. The Morgan fingerprint density at radius 1 is 0.872 bits per heavy atom. The third kappa shape index (κ3) is 4.99. The number of non-ortho nitro benzene ring substituents is 1. The quantitative estimate of drug-likeness (QED) is 0.139. The summed E-state index contributed by atoms with van der Waals surface area (Å²) in [4.78, 5) is 23.6. The van der Waals surface area contributed by atoms with Crippen LogP contribution in [0.25, 0.3) is 5.69 Å². The number of aromatic nitrogens is 3. The van der Waals surface area contributed by atoms with Crippen LogP contribution in [0.15, 0.2) is 126 Å². The maximum absolute atomic E-state index is 11.0. The van der Waals surface area contributed by atoms with Crippen LogP contribution in [0.5, 0.6) is 0 Å². The number of nitro benzene ring substituents is 1. The fourth-order valence-electron chi connectivity index (χ4n) is 4.75. The lowest BCUT2D eigenvalue weighted by molar-refractivity contribution is -0.384. The van der Waals surface area contributed by atoms with E-state index in [-0.39, 0.29) is 17.8 Å². The first-order chi connectivity index (χ1) is 19.1. The Morgan fingerprint density at radius 3 is 2.31 bits per heavy atom. The molecule has 2 aromatic carbocycles. The fourth-order valence-corrected chi connectivity index (χ4v) is 5.91. The molecule has 4 heterocycles. The second kappa shape index (κ2) is 10.7. The predicted molar refractivity (Wildman–Crippen MR) is 155 cm³/mol. The molecule has 6 rings (SSSR count). The highest BCUT2D eigenvalue weighted by molar-refractivity contribution is 7.99. The Bertz CT molecular complexity index is 1610. The van der Waals surface area contributed by atoms with E-state index in [2.05, 4.69) is 30.8 Å². The van der Waals surface area contributed by atoms with E-state index in [4.69, 9.17) is 12.2 Å². The van der Waals surface area contributed by atoms with E-state index in [1.807, 2.05) is 73.1 Å². The van der Waals surface area contributed by atoms with Gasteiger partial charge in [-0.15, -0.1) is 0 Å². The monoisotopic (exact) mass is 550 g/mol. The molecule has 3 aromatic heterocycles. The van der Waals surface area contributed by atoms with E-state index in [0.29, 0.717) is 5.11 Å². The minimum Gasteiger partial charge on any atom is -0.351 e. The topological polar surface area (TPSA) is 89.1 Å². The first-order valence-electron chi connectivity index (χ1n) is 12.2.